The highest BCUT2D eigenvalue weighted by molar-refractivity contribution is 9.10. The number of carbonyl (C=O) groups is 1. The first-order valence-corrected chi connectivity index (χ1v) is 9.41. The maximum Gasteiger partial charge on any atom is 0.220 e. The fourth-order valence-electron chi connectivity index (χ4n) is 2.07. The van der Waals surface area contributed by atoms with Crippen LogP contribution >= 0.6 is 40.1 Å². The summed E-state index contributed by atoms with van der Waals surface area (Å²) >= 11 is 5.20. The molecule has 0 radical (unpaired) electrons. The smallest absolute Gasteiger partial charge is 0.220 e. The van der Waals surface area contributed by atoms with Crippen LogP contribution in [0.2, 0.25) is 0 Å². The van der Waals surface area contributed by atoms with E-state index in [2.05, 4.69) is 33.4 Å². The van der Waals surface area contributed by atoms with Gasteiger partial charge < -0.3 is 11.1 Å². The number of nitrogens with one attached hydrogen (secondary N) is 1. The lowest BCUT2D eigenvalue weighted by molar-refractivity contribution is -0.121. The van der Waals surface area contributed by atoms with E-state index in [1.54, 1.807) is 11.8 Å². The van der Waals surface area contributed by atoms with Crippen molar-refractivity contribution in [3.8, 4) is 0 Å². The van der Waals surface area contributed by atoms with Crippen molar-refractivity contribution in [3.63, 3.8) is 0 Å². The van der Waals surface area contributed by atoms with Gasteiger partial charge in [0, 0.05) is 28.0 Å². The summed E-state index contributed by atoms with van der Waals surface area (Å²) < 4.78 is 1.09. The highest BCUT2D eigenvalue weighted by Crippen LogP contribution is 2.21. The third-order valence-electron chi connectivity index (χ3n) is 3.35. The van der Waals surface area contributed by atoms with E-state index < -0.39 is 0 Å². The molecule has 2 aromatic rings. The number of hydrogen-bond donors (Lipinski definition) is 2. The van der Waals surface area contributed by atoms with E-state index in [1.807, 2.05) is 36.4 Å². The Balaban J connectivity index is 0.00000288. The van der Waals surface area contributed by atoms with Gasteiger partial charge in [-0.15, -0.1) is 24.2 Å². The van der Waals surface area contributed by atoms with Gasteiger partial charge in [0.15, 0.2) is 0 Å². The van der Waals surface area contributed by atoms with E-state index in [0.717, 1.165) is 28.8 Å². The van der Waals surface area contributed by atoms with Crippen LogP contribution in [0.4, 0.5) is 5.69 Å². The van der Waals surface area contributed by atoms with E-state index in [0.29, 0.717) is 13.0 Å². The van der Waals surface area contributed by atoms with Crippen molar-refractivity contribution in [2.45, 2.75) is 24.2 Å². The summed E-state index contributed by atoms with van der Waals surface area (Å²) in [5, 5.41) is 2.97. The number of anilines is 1. The molecule has 130 valence electrons. The van der Waals surface area contributed by atoms with Crippen LogP contribution in [-0.2, 0) is 11.2 Å². The van der Waals surface area contributed by atoms with Crippen molar-refractivity contribution in [3.05, 3.63) is 58.6 Å². The lowest BCUT2D eigenvalue weighted by Crippen LogP contribution is -2.25. The summed E-state index contributed by atoms with van der Waals surface area (Å²) in [7, 11) is 0. The summed E-state index contributed by atoms with van der Waals surface area (Å²) in [5.41, 5.74) is 7.60. The molecule has 0 fully saturated rings. The van der Waals surface area contributed by atoms with Crippen molar-refractivity contribution in [2.24, 2.45) is 0 Å². The van der Waals surface area contributed by atoms with E-state index in [4.69, 9.17) is 5.73 Å². The minimum atomic E-state index is 0. The molecular formula is C18H22BrClN2OS. The van der Waals surface area contributed by atoms with Crippen LogP contribution in [0.25, 0.3) is 0 Å². The third-order valence-corrected chi connectivity index (χ3v) is 4.97. The van der Waals surface area contributed by atoms with Crippen molar-refractivity contribution in [2.75, 3.05) is 18.0 Å². The second-order valence-corrected chi connectivity index (χ2v) is 7.33. The SMILES string of the molecule is Cl.Nc1ccc(CCNC(=O)CCCSc2ccc(Br)cc2)cc1. The molecule has 0 aliphatic carbocycles. The van der Waals surface area contributed by atoms with Crippen molar-refractivity contribution in [1.29, 1.82) is 0 Å². The minimum Gasteiger partial charge on any atom is -0.399 e. The number of benzene rings is 2. The molecule has 0 saturated heterocycles. The maximum absolute atomic E-state index is 11.8. The van der Waals surface area contributed by atoms with Crippen molar-refractivity contribution >= 4 is 51.7 Å². The number of carbonyl (C=O) groups excluding carboxylic acids is 1. The molecule has 2 rings (SSSR count). The molecule has 6 heteroatoms. The molecule has 0 aromatic heterocycles. The predicted octanol–water partition coefficient (Wildman–Crippen LogP) is 4.68. The summed E-state index contributed by atoms with van der Waals surface area (Å²) in [4.78, 5) is 13.0. The Morgan fingerprint density at radius 3 is 2.42 bits per heavy atom. The molecule has 0 aliphatic rings. The van der Waals surface area contributed by atoms with Gasteiger partial charge in [-0.05, 0) is 60.6 Å². The number of nitrogens with two attached hydrogens (primary N) is 1. The van der Waals surface area contributed by atoms with Gasteiger partial charge in [0.1, 0.15) is 0 Å². The maximum atomic E-state index is 11.8. The molecule has 2 aromatic carbocycles. The minimum absolute atomic E-state index is 0. The first kappa shape index (κ1) is 20.9. The first-order chi connectivity index (χ1) is 11.1. The second-order valence-electron chi connectivity index (χ2n) is 5.25. The molecule has 0 unspecified atom stereocenters. The molecule has 0 aliphatic heterocycles. The fraction of sp³-hybridized carbons (Fsp3) is 0.278. The van der Waals surface area contributed by atoms with Crippen LogP contribution < -0.4 is 11.1 Å². The fourth-order valence-corrected chi connectivity index (χ4v) is 3.19. The number of halogens is 2. The molecule has 1 amide bonds. The zero-order chi connectivity index (χ0) is 16.5. The highest BCUT2D eigenvalue weighted by atomic mass is 79.9. The lowest BCUT2D eigenvalue weighted by atomic mass is 10.1. The van der Waals surface area contributed by atoms with E-state index in [1.165, 1.54) is 10.5 Å². The Bertz CT molecular complexity index is 620. The zero-order valence-corrected chi connectivity index (χ0v) is 16.6. The molecular weight excluding hydrogens is 408 g/mol. The first-order valence-electron chi connectivity index (χ1n) is 7.63. The average Bonchev–Trinajstić information content (AvgIpc) is 2.55. The number of thioether (sulfide) groups is 1. The summed E-state index contributed by atoms with van der Waals surface area (Å²) in [5.74, 6) is 1.07. The van der Waals surface area contributed by atoms with Gasteiger partial charge in [0.2, 0.25) is 5.91 Å². The quantitative estimate of drug-likeness (QED) is 0.364. The molecule has 0 atom stereocenters. The molecule has 0 saturated carbocycles. The molecule has 24 heavy (non-hydrogen) atoms. The number of hydrogen-bond acceptors (Lipinski definition) is 3. The Kier molecular flexibility index (Phi) is 9.91. The van der Waals surface area contributed by atoms with Crippen LogP contribution in [-0.4, -0.2) is 18.2 Å². The molecule has 0 bridgehead atoms. The topological polar surface area (TPSA) is 55.1 Å². The highest BCUT2D eigenvalue weighted by Gasteiger charge is 2.02. The predicted molar refractivity (Wildman–Crippen MR) is 109 cm³/mol. The Labute approximate surface area is 162 Å². The van der Waals surface area contributed by atoms with E-state index in [-0.39, 0.29) is 18.3 Å². The van der Waals surface area contributed by atoms with Crippen molar-refractivity contribution in [1.82, 2.24) is 5.32 Å². The monoisotopic (exact) mass is 428 g/mol. The molecule has 3 nitrogen and oxygen atoms in total. The van der Waals surface area contributed by atoms with Crippen LogP contribution in [0.5, 0.6) is 0 Å². The lowest BCUT2D eigenvalue weighted by Gasteiger charge is -2.06. The Morgan fingerprint density at radius 1 is 1.08 bits per heavy atom. The van der Waals surface area contributed by atoms with Crippen LogP contribution in [0.1, 0.15) is 18.4 Å². The van der Waals surface area contributed by atoms with Crippen LogP contribution in [0.15, 0.2) is 57.9 Å². The average molecular weight is 430 g/mol. The van der Waals surface area contributed by atoms with Gasteiger partial charge in [-0.25, -0.2) is 0 Å². The summed E-state index contributed by atoms with van der Waals surface area (Å²) in [6.45, 7) is 0.669. The molecule has 3 N–H and O–H groups in total. The Morgan fingerprint density at radius 2 is 1.75 bits per heavy atom. The standard InChI is InChI=1S/C18H21BrN2OS.ClH/c19-15-5-9-17(10-6-15)23-13-1-2-18(22)21-12-11-14-3-7-16(20)8-4-14;/h3-10H,1-2,11-13,20H2,(H,21,22);1H. The Hall–Kier alpha value is -1.17. The number of amides is 1. The van der Waals surface area contributed by atoms with E-state index in [9.17, 15) is 4.79 Å². The number of rotatable bonds is 8. The summed E-state index contributed by atoms with van der Waals surface area (Å²) in [6.07, 6.45) is 2.29. The molecule has 0 spiro atoms. The van der Waals surface area contributed by atoms with Gasteiger partial charge >= 0.3 is 0 Å². The van der Waals surface area contributed by atoms with Crippen molar-refractivity contribution < 1.29 is 4.79 Å². The van der Waals surface area contributed by atoms with Gasteiger partial charge in [0.25, 0.3) is 0 Å². The largest absolute Gasteiger partial charge is 0.399 e. The van der Waals surface area contributed by atoms with Gasteiger partial charge in [0.05, 0.1) is 0 Å². The normalized spacial score (nSPS) is 10.0. The molecule has 0 heterocycles. The van der Waals surface area contributed by atoms with Gasteiger partial charge in [-0.3, -0.25) is 4.79 Å². The van der Waals surface area contributed by atoms with E-state index >= 15 is 0 Å². The van der Waals surface area contributed by atoms with Gasteiger partial charge in [-0.2, -0.15) is 0 Å². The third kappa shape index (κ3) is 8.08. The number of nitrogen functional groups attached to an aromatic ring is 1. The van der Waals surface area contributed by atoms with Crippen LogP contribution in [0.3, 0.4) is 0 Å². The van der Waals surface area contributed by atoms with Gasteiger partial charge in [-0.1, -0.05) is 28.1 Å². The van der Waals surface area contributed by atoms with Crippen LogP contribution in [0, 0.1) is 0 Å². The summed E-state index contributed by atoms with van der Waals surface area (Å²) in [6, 6.07) is 16.0. The zero-order valence-electron chi connectivity index (χ0n) is 13.3. The second kappa shape index (κ2) is 11.4.